The number of aliphatic hydroxyl groups excluding tert-OH is 3. The van der Waals surface area contributed by atoms with Gasteiger partial charge in [0.2, 0.25) is 0 Å². The van der Waals surface area contributed by atoms with Crippen LogP contribution in [0.3, 0.4) is 0 Å². The lowest BCUT2D eigenvalue weighted by Crippen LogP contribution is -2.56. The summed E-state index contributed by atoms with van der Waals surface area (Å²) in [6.07, 6.45) is -3.13. The lowest BCUT2D eigenvalue weighted by Gasteiger charge is -2.17. The van der Waals surface area contributed by atoms with Crippen molar-refractivity contribution in [1.29, 1.82) is 0 Å². The molecule has 0 aliphatic rings. The summed E-state index contributed by atoms with van der Waals surface area (Å²) in [6, 6.07) is 8.48. The van der Waals surface area contributed by atoms with Crippen LogP contribution in [0.25, 0.3) is 0 Å². The minimum Gasteiger partial charge on any atom is -0.392 e. The van der Waals surface area contributed by atoms with E-state index in [1.165, 1.54) is 13.8 Å². The molecule has 0 spiro atoms. The highest BCUT2D eigenvalue weighted by Crippen LogP contribution is 2.12. The molecule has 26 heavy (non-hydrogen) atoms. The van der Waals surface area contributed by atoms with E-state index in [2.05, 4.69) is 0 Å². The molecule has 0 aliphatic heterocycles. The van der Waals surface area contributed by atoms with Gasteiger partial charge in [0.1, 0.15) is 0 Å². The molecule has 0 radical (unpaired) electrons. The smallest absolute Gasteiger partial charge is 0.336 e. The Hall–Kier alpha value is -2.49. The maximum absolute atomic E-state index is 12.6. The predicted octanol–water partition coefficient (Wildman–Crippen LogP) is -1.33. The first-order valence-electron chi connectivity index (χ1n) is 8.26. The summed E-state index contributed by atoms with van der Waals surface area (Å²) in [5, 5.41) is 29.5. The van der Waals surface area contributed by atoms with Crippen LogP contribution >= 0.6 is 0 Å². The van der Waals surface area contributed by atoms with Crippen LogP contribution in [0.4, 0.5) is 0 Å². The normalized spacial score (nSPS) is 14.8. The number of benzene rings is 1. The fourth-order valence-electron chi connectivity index (χ4n) is 2.63. The molecule has 1 aromatic carbocycles. The number of aromatic nitrogens is 3. The zero-order chi connectivity index (χ0) is 19.4. The molecule has 3 unspecified atom stereocenters. The molecule has 142 valence electrons. The summed E-state index contributed by atoms with van der Waals surface area (Å²) in [5.41, 5.74) is -2.24. The number of aliphatic hydroxyl groups is 3. The first-order valence-corrected chi connectivity index (χ1v) is 8.26. The average molecular weight is 365 g/mol. The van der Waals surface area contributed by atoms with E-state index in [1.807, 2.05) is 0 Å². The van der Waals surface area contributed by atoms with Crippen molar-refractivity contribution in [2.24, 2.45) is 0 Å². The van der Waals surface area contributed by atoms with Crippen molar-refractivity contribution in [3.63, 3.8) is 0 Å². The molecule has 1 aromatic heterocycles. The van der Waals surface area contributed by atoms with Crippen molar-refractivity contribution in [2.45, 2.75) is 51.8 Å². The van der Waals surface area contributed by atoms with Gasteiger partial charge >= 0.3 is 17.1 Å². The SMILES string of the molecule is CC(O)Cn1c(=O)n(CC(C)O)c(=O)n(CC(O)c2ccccc2)c1=O. The quantitative estimate of drug-likeness (QED) is 0.558. The maximum Gasteiger partial charge on any atom is 0.336 e. The van der Waals surface area contributed by atoms with Crippen LogP contribution in [0.2, 0.25) is 0 Å². The Morgan fingerprint density at radius 3 is 1.50 bits per heavy atom. The zero-order valence-electron chi connectivity index (χ0n) is 14.6. The molecule has 2 aromatic rings. The van der Waals surface area contributed by atoms with Gasteiger partial charge in [0.05, 0.1) is 37.9 Å². The third kappa shape index (κ3) is 4.37. The van der Waals surface area contributed by atoms with Gasteiger partial charge in [-0.3, -0.25) is 0 Å². The van der Waals surface area contributed by atoms with Crippen molar-refractivity contribution in [3.05, 3.63) is 67.3 Å². The average Bonchev–Trinajstić information content (AvgIpc) is 2.59. The second-order valence-corrected chi connectivity index (χ2v) is 6.30. The summed E-state index contributed by atoms with van der Waals surface area (Å²) < 4.78 is 2.20. The standard InChI is InChI=1S/C17H23N3O6/c1-11(21)8-18-15(24)19(9-12(2)22)17(26)20(16(18)25)10-14(23)13-6-4-3-5-7-13/h3-7,11-12,14,21-23H,8-10H2,1-2H3. The summed E-state index contributed by atoms with van der Waals surface area (Å²) >= 11 is 0. The van der Waals surface area contributed by atoms with Crippen molar-refractivity contribution in [2.75, 3.05) is 0 Å². The van der Waals surface area contributed by atoms with Gasteiger partial charge < -0.3 is 15.3 Å². The number of hydrogen-bond donors (Lipinski definition) is 3. The fourth-order valence-corrected chi connectivity index (χ4v) is 2.63. The predicted molar refractivity (Wildman–Crippen MR) is 94.0 cm³/mol. The molecule has 0 fully saturated rings. The lowest BCUT2D eigenvalue weighted by molar-refractivity contribution is 0.138. The molecule has 0 amide bonds. The summed E-state index contributed by atoms with van der Waals surface area (Å²) in [7, 11) is 0. The van der Waals surface area contributed by atoms with E-state index in [4.69, 9.17) is 0 Å². The first kappa shape index (κ1) is 19.8. The topological polar surface area (TPSA) is 127 Å². The Labute approximate surface area is 149 Å². The van der Waals surface area contributed by atoms with Crippen LogP contribution in [-0.2, 0) is 19.6 Å². The number of hydrogen-bond acceptors (Lipinski definition) is 6. The molecule has 1 heterocycles. The van der Waals surface area contributed by atoms with Gasteiger partial charge in [0, 0.05) is 0 Å². The monoisotopic (exact) mass is 365 g/mol. The number of rotatable bonds is 7. The molecule has 9 heteroatoms. The van der Waals surface area contributed by atoms with Crippen LogP contribution in [-0.4, -0.2) is 41.2 Å². The van der Waals surface area contributed by atoms with Crippen molar-refractivity contribution in [3.8, 4) is 0 Å². The summed E-state index contributed by atoms with van der Waals surface area (Å²) in [5.74, 6) is 0. The summed E-state index contributed by atoms with van der Waals surface area (Å²) in [4.78, 5) is 37.6. The molecule has 0 saturated heterocycles. The van der Waals surface area contributed by atoms with E-state index < -0.39 is 35.4 Å². The van der Waals surface area contributed by atoms with E-state index in [1.54, 1.807) is 30.3 Å². The largest absolute Gasteiger partial charge is 0.392 e. The third-order valence-electron chi connectivity index (χ3n) is 3.82. The Morgan fingerprint density at radius 2 is 1.12 bits per heavy atom. The minimum atomic E-state index is -1.14. The van der Waals surface area contributed by atoms with Crippen LogP contribution in [0.15, 0.2) is 44.7 Å². The first-order chi connectivity index (χ1) is 12.2. The second-order valence-electron chi connectivity index (χ2n) is 6.30. The van der Waals surface area contributed by atoms with Crippen LogP contribution in [0, 0.1) is 0 Å². The number of nitrogens with zero attached hydrogens (tertiary/aromatic N) is 3. The molecule has 2 rings (SSSR count). The third-order valence-corrected chi connectivity index (χ3v) is 3.82. The highest BCUT2D eigenvalue weighted by Gasteiger charge is 2.20. The Bertz CT molecular complexity index is 863. The molecule has 3 N–H and O–H groups in total. The zero-order valence-corrected chi connectivity index (χ0v) is 14.6. The molecular formula is C17H23N3O6. The van der Waals surface area contributed by atoms with Crippen molar-refractivity contribution >= 4 is 0 Å². The summed E-state index contributed by atoms with van der Waals surface area (Å²) in [6.45, 7) is 1.83. The maximum atomic E-state index is 12.6. The molecule has 0 aliphatic carbocycles. The van der Waals surface area contributed by atoms with Gasteiger partial charge in [0.25, 0.3) is 0 Å². The van der Waals surface area contributed by atoms with Gasteiger partial charge in [-0.05, 0) is 19.4 Å². The Balaban J connectivity index is 2.58. The molecule has 9 nitrogen and oxygen atoms in total. The molecule has 0 saturated carbocycles. The molecule has 0 bridgehead atoms. The van der Waals surface area contributed by atoms with E-state index in [0.29, 0.717) is 5.56 Å². The molecular weight excluding hydrogens is 342 g/mol. The van der Waals surface area contributed by atoms with Gasteiger partial charge in [0.15, 0.2) is 0 Å². The van der Waals surface area contributed by atoms with Gasteiger partial charge in [-0.2, -0.15) is 0 Å². The highest BCUT2D eigenvalue weighted by molar-refractivity contribution is 5.17. The van der Waals surface area contributed by atoms with E-state index in [0.717, 1.165) is 13.7 Å². The minimum absolute atomic E-state index is 0.306. The van der Waals surface area contributed by atoms with E-state index >= 15 is 0 Å². The van der Waals surface area contributed by atoms with Crippen LogP contribution in [0.5, 0.6) is 0 Å². The fraction of sp³-hybridized carbons (Fsp3) is 0.471. The van der Waals surface area contributed by atoms with E-state index in [9.17, 15) is 29.7 Å². The Kier molecular flexibility index (Phi) is 6.30. The Morgan fingerprint density at radius 1 is 0.731 bits per heavy atom. The van der Waals surface area contributed by atoms with Crippen molar-refractivity contribution in [1.82, 2.24) is 13.7 Å². The van der Waals surface area contributed by atoms with Crippen LogP contribution < -0.4 is 17.1 Å². The second kappa shape index (κ2) is 8.26. The van der Waals surface area contributed by atoms with Crippen molar-refractivity contribution < 1.29 is 15.3 Å². The molecule has 3 atom stereocenters. The van der Waals surface area contributed by atoms with Gasteiger partial charge in [-0.15, -0.1) is 0 Å². The van der Waals surface area contributed by atoms with Gasteiger partial charge in [-0.25, -0.2) is 28.1 Å². The van der Waals surface area contributed by atoms with Gasteiger partial charge in [-0.1, -0.05) is 30.3 Å². The lowest BCUT2D eigenvalue weighted by atomic mass is 10.1. The van der Waals surface area contributed by atoms with Crippen LogP contribution in [0.1, 0.15) is 25.5 Å². The van der Waals surface area contributed by atoms with E-state index in [-0.39, 0.29) is 19.6 Å². The highest BCUT2D eigenvalue weighted by atomic mass is 16.3.